The molecule has 0 atom stereocenters. The molecule has 0 saturated carbocycles. The van der Waals surface area contributed by atoms with Crippen LogP contribution in [0, 0.1) is 6.92 Å². The summed E-state index contributed by atoms with van der Waals surface area (Å²) in [5.41, 5.74) is 3.04. The summed E-state index contributed by atoms with van der Waals surface area (Å²) in [7, 11) is 0. The Labute approximate surface area is 105 Å². The Hall–Kier alpha value is -2.42. The third kappa shape index (κ3) is 2.02. The minimum atomic E-state index is 0.774. The highest BCUT2D eigenvalue weighted by molar-refractivity contribution is 5.68. The average molecular weight is 236 g/mol. The maximum Gasteiger partial charge on any atom is 0.133 e. The SMILES string of the molecule is Cc1nccc(-c2cccc(-c3ccco3)c2)n1. The first-order valence-electron chi connectivity index (χ1n) is 5.77. The van der Waals surface area contributed by atoms with Crippen LogP contribution in [0.25, 0.3) is 22.6 Å². The highest BCUT2D eigenvalue weighted by Crippen LogP contribution is 2.25. The molecule has 3 rings (SSSR count). The van der Waals surface area contributed by atoms with Gasteiger partial charge < -0.3 is 4.42 Å². The molecule has 0 N–H and O–H groups in total. The number of hydrogen-bond donors (Lipinski definition) is 0. The Balaban J connectivity index is 2.06. The molecule has 0 amide bonds. The highest BCUT2D eigenvalue weighted by Gasteiger charge is 2.04. The largest absolute Gasteiger partial charge is 0.464 e. The van der Waals surface area contributed by atoms with E-state index >= 15 is 0 Å². The normalized spacial score (nSPS) is 10.5. The summed E-state index contributed by atoms with van der Waals surface area (Å²) in [6.07, 6.45) is 3.45. The van der Waals surface area contributed by atoms with Gasteiger partial charge in [-0.2, -0.15) is 0 Å². The second kappa shape index (κ2) is 4.45. The number of aromatic nitrogens is 2. The van der Waals surface area contributed by atoms with Gasteiger partial charge in [0.1, 0.15) is 11.6 Å². The second-order valence-electron chi connectivity index (χ2n) is 4.05. The van der Waals surface area contributed by atoms with Crippen molar-refractivity contribution in [2.75, 3.05) is 0 Å². The van der Waals surface area contributed by atoms with E-state index < -0.39 is 0 Å². The molecule has 0 aliphatic heterocycles. The topological polar surface area (TPSA) is 38.9 Å². The van der Waals surface area contributed by atoms with Crippen LogP contribution in [0.2, 0.25) is 0 Å². The summed E-state index contributed by atoms with van der Waals surface area (Å²) in [4.78, 5) is 8.53. The van der Waals surface area contributed by atoms with Crippen molar-refractivity contribution in [3.05, 3.63) is 60.7 Å². The van der Waals surface area contributed by atoms with E-state index in [-0.39, 0.29) is 0 Å². The van der Waals surface area contributed by atoms with Crippen LogP contribution in [-0.2, 0) is 0 Å². The number of hydrogen-bond acceptors (Lipinski definition) is 3. The summed E-state index contributed by atoms with van der Waals surface area (Å²) in [6.45, 7) is 1.89. The standard InChI is InChI=1S/C15H12N2O/c1-11-16-8-7-14(17-11)12-4-2-5-13(10-12)15-6-3-9-18-15/h2-10H,1H3. The first kappa shape index (κ1) is 10.7. The summed E-state index contributed by atoms with van der Waals surface area (Å²) < 4.78 is 5.40. The molecule has 1 aromatic carbocycles. The van der Waals surface area contributed by atoms with E-state index in [9.17, 15) is 0 Å². The van der Waals surface area contributed by atoms with Crippen molar-refractivity contribution in [1.82, 2.24) is 9.97 Å². The van der Waals surface area contributed by atoms with E-state index in [0.29, 0.717) is 0 Å². The molecule has 0 aliphatic rings. The molecule has 0 fully saturated rings. The molecule has 3 nitrogen and oxygen atoms in total. The molecule has 88 valence electrons. The van der Waals surface area contributed by atoms with Crippen LogP contribution in [0.4, 0.5) is 0 Å². The maximum absolute atomic E-state index is 5.40. The Morgan fingerprint density at radius 1 is 1.00 bits per heavy atom. The lowest BCUT2D eigenvalue weighted by atomic mass is 10.1. The fourth-order valence-electron chi connectivity index (χ4n) is 1.89. The number of rotatable bonds is 2. The highest BCUT2D eigenvalue weighted by atomic mass is 16.3. The van der Waals surface area contributed by atoms with Gasteiger partial charge in [-0.05, 0) is 31.2 Å². The zero-order chi connectivity index (χ0) is 12.4. The van der Waals surface area contributed by atoms with E-state index in [1.165, 1.54) is 0 Å². The van der Waals surface area contributed by atoms with E-state index in [1.54, 1.807) is 12.5 Å². The smallest absolute Gasteiger partial charge is 0.133 e. The van der Waals surface area contributed by atoms with Crippen LogP contribution in [0.15, 0.2) is 59.3 Å². The molecule has 2 aromatic heterocycles. The fraction of sp³-hybridized carbons (Fsp3) is 0.0667. The van der Waals surface area contributed by atoms with Crippen LogP contribution in [0.3, 0.4) is 0 Å². The van der Waals surface area contributed by atoms with Crippen LogP contribution in [0.1, 0.15) is 5.82 Å². The molecule has 0 unspecified atom stereocenters. The Morgan fingerprint density at radius 2 is 1.89 bits per heavy atom. The van der Waals surface area contributed by atoms with E-state index in [4.69, 9.17) is 4.42 Å². The Bertz CT molecular complexity index is 660. The van der Waals surface area contributed by atoms with Crippen LogP contribution < -0.4 is 0 Å². The predicted octanol–water partition coefficient (Wildman–Crippen LogP) is 3.71. The van der Waals surface area contributed by atoms with Crippen molar-refractivity contribution >= 4 is 0 Å². The third-order valence-corrected chi connectivity index (χ3v) is 2.74. The average Bonchev–Trinajstić information content (AvgIpc) is 2.93. The molecular weight excluding hydrogens is 224 g/mol. The van der Waals surface area contributed by atoms with Gasteiger partial charge in [-0.25, -0.2) is 9.97 Å². The summed E-state index contributed by atoms with van der Waals surface area (Å²) in [6, 6.07) is 13.9. The van der Waals surface area contributed by atoms with Gasteiger partial charge in [0.2, 0.25) is 0 Å². The molecule has 0 saturated heterocycles. The minimum Gasteiger partial charge on any atom is -0.464 e. The summed E-state index contributed by atoms with van der Waals surface area (Å²) >= 11 is 0. The molecule has 18 heavy (non-hydrogen) atoms. The summed E-state index contributed by atoms with van der Waals surface area (Å²) in [5.74, 6) is 1.64. The number of furan rings is 1. The van der Waals surface area contributed by atoms with Gasteiger partial charge >= 0.3 is 0 Å². The molecule has 3 aromatic rings. The molecule has 0 bridgehead atoms. The van der Waals surface area contributed by atoms with E-state index in [0.717, 1.165) is 28.4 Å². The predicted molar refractivity (Wildman–Crippen MR) is 69.9 cm³/mol. The third-order valence-electron chi connectivity index (χ3n) is 2.74. The Morgan fingerprint density at radius 3 is 2.67 bits per heavy atom. The lowest BCUT2D eigenvalue weighted by Gasteiger charge is -2.03. The first-order chi connectivity index (χ1) is 8.83. The number of aryl methyl sites for hydroxylation is 1. The van der Waals surface area contributed by atoms with Gasteiger partial charge in [0, 0.05) is 17.3 Å². The second-order valence-corrected chi connectivity index (χ2v) is 4.05. The summed E-state index contributed by atoms with van der Waals surface area (Å²) in [5, 5.41) is 0. The maximum atomic E-state index is 5.40. The van der Waals surface area contributed by atoms with Crippen molar-refractivity contribution in [1.29, 1.82) is 0 Å². The van der Waals surface area contributed by atoms with Crippen molar-refractivity contribution in [2.45, 2.75) is 6.92 Å². The van der Waals surface area contributed by atoms with Gasteiger partial charge in [-0.3, -0.25) is 0 Å². The van der Waals surface area contributed by atoms with Gasteiger partial charge in [0.15, 0.2) is 0 Å². The first-order valence-corrected chi connectivity index (χ1v) is 5.77. The molecule has 0 radical (unpaired) electrons. The van der Waals surface area contributed by atoms with Gasteiger partial charge in [-0.1, -0.05) is 18.2 Å². The van der Waals surface area contributed by atoms with Crippen LogP contribution in [-0.4, -0.2) is 9.97 Å². The monoisotopic (exact) mass is 236 g/mol. The van der Waals surface area contributed by atoms with Crippen LogP contribution >= 0.6 is 0 Å². The minimum absolute atomic E-state index is 0.774. The van der Waals surface area contributed by atoms with Gasteiger partial charge in [0.05, 0.1) is 12.0 Å². The quantitative estimate of drug-likeness (QED) is 0.680. The van der Waals surface area contributed by atoms with Crippen molar-refractivity contribution in [3.63, 3.8) is 0 Å². The van der Waals surface area contributed by atoms with Crippen molar-refractivity contribution < 1.29 is 4.42 Å². The zero-order valence-electron chi connectivity index (χ0n) is 10.00. The van der Waals surface area contributed by atoms with Crippen molar-refractivity contribution in [3.8, 4) is 22.6 Å². The molecule has 3 heteroatoms. The molecule has 0 spiro atoms. The zero-order valence-corrected chi connectivity index (χ0v) is 10.00. The lowest BCUT2D eigenvalue weighted by Crippen LogP contribution is -1.89. The van der Waals surface area contributed by atoms with E-state index in [1.807, 2.05) is 43.3 Å². The lowest BCUT2D eigenvalue weighted by molar-refractivity contribution is 0.582. The molecule has 0 aliphatic carbocycles. The molecule has 2 heterocycles. The number of nitrogens with zero attached hydrogens (tertiary/aromatic N) is 2. The fourth-order valence-corrected chi connectivity index (χ4v) is 1.89. The molecular formula is C15H12N2O. The van der Waals surface area contributed by atoms with Gasteiger partial charge in [0.25, 0.3) is 0 Å². The van der Waals surface area contributed by atoms with E-state index in [2.05, 4.69) is 16.0 Å². The Kier molecular flexibility index (Phi) is 2.65. The van der Waals surface area contributed by atoms with Crippen molar-refractivity contribution in [2.24, 2.45) is 0 Å². The van der Waals surface area contributed by atoms with Gasteiger partial charge in [-0.15, -0.1) is 0 Å². The number of benzene rings is 1. The van der Waals surface area contributed by atoms with Crippen LogP contribution in [0.5, 0.6) is 0 Å².